The van der Waals surface area contributed by atoms with Crippen LogP contribution in [0.1, 0.15) is 53.2 Å². The molecule has 1 aromatic carbocycles. The van der Waals surface area contributed by atoms with Crippen LogP contribution >= 0.6 is 0 Å². The smallest absolute Gasteiger partial charge is 0.119 e. The summed E-state index contributed by atoms with van der Waals surface area (Å²) in [5, 5.41) is 5.93. The molecule has 1 rings (SSSR count). The van der Waals surface area contributed by atoms with Gasteiger partial charge in [-0.2, -0.15) is 0 Å². The summed E-state index contributed by atoms with van der Waals surface area (Å²) in [6.07, 6.45) is -0.304. The number of hydrogen-bond acceptors (Lipinski definition) is 4. The molecule has 0 amide bonds. The Morgan fingerprint density at radius 1 is 0.960 bits per heavy atom. The van der Waals surface area contributed by atoms with Gasteiger partial charge in [0.05, 0.1) is 12.1 Å². The Morgan fingerprint density at radius 2 is 1.48 bits per heavy atom. The van der Waals surface area contributed by atoms with Crippen LogP contribution < -0.4 is 15.4 Å². The van der Waals surface area contributed by atoms with Gasteiger partial charge in [0.1, 0.15) is 19.0 Å². The molecule has 0 bridgehead atoms. The molecule has 150 valence electrons. The molecule has 0 heterocycles. The molecule has 25 heavy (non-hydrogen) atoms. The van der Waals surface area contributed by atoms with E-state index in [-0.39, 0.29) is 12.1 Å². The molecule has 0 aliphatic rings. The van der Waals surface area contributed by atoms with Crippen LogP contribution in [-0.2, 0) is 4.74 Å². The van der Waals surface area contributed by atoms with Crippen LogP contribution in [0.25, 0.3) is 0 Å². The van der Waals surface area contributed by atoms with Crippen molar-refractivity contribution in [3.8, 4) is 5.75 Å². The van der Waals surface area contributed by atoms with Gasteiger partial charge in [0.15, 0.2) is 0 Å². The minimum absolute atomic E-state index is 0.304. The number of halogens is 1. The molecule has 0 saturated heterocycles. The molecule has 2 unspecified atom stereocenters. The Bertz CT molecular complexity index is 344. The van der Waals surface area contributed by atoms with E-state index in [1.54, 1.807) is 14.2 Å². The van der Waals surface area contributed by atoms with Gasteiger partial charge in [-0.3, -0.25) is 0 Å². The average Bonchev–Trinajstić information content (AvgIpc) is 2.71. The van der Waals surface area contributed by atoms with Crippen LogP contribution in [0.3, 0.4) is 0 Å². The SMILES string of the molecule is CC.CC.CC.CNCCOc1ccc(C(OC)C(CF)NC)cc1. The molecule has 4 nitrogen and oxygen atoms in total. The van der Waals surface area contributed by atoms with Gasteiger partial charge < -0.3 is 20.1 Å². The summed E-state index contributed by atoms with van der Waals surface area (Å²) >= 11 is 0. The number of hydrogen-bond donors (Lipinski definition) is 2. The molecule has 2 atom stereocenters. The first kappa shape index (κ1) is 28.6. The summed E-state index contributed by atoms with van der Waals surface area (Å²) in [5.74, 6) is 0.801. The van der Waals surface area contributed by atoms with Crippen LogP contribution in [0.2, 0.25) is 0 Å². The summed E-state index contributed by atoms with van der Waals surface area (Å²) in [4.78, 5) is 0. The summed E-state index contributed by atoms with van der Waals surface area (Å²) in [5.41, 5.74) is 0.931. The van der Waals surface area contributed by atoms with Crippen molar-refractivity contribution in [2.24, 2.45) is 0 Å². The fraction of sp³-hybridized carbons (Fsp3) is 0.700. The summed E-state index contributed by atoms with van der Waals surface area (Å²) < 4.78 is 23.8. The topological polar surface area (TPSA) is 42.5 Å². The van der Waals surface area contributed by atoms with Gasteiger partial charge in [0, 0.05) is 13.7 Å². The number of benzene rings is 1. The Hall–Kier alpha value is -1.17. The molecule has 0 radical (unpaired) electrons. The van der Waals surface area contributed by atoms with Crippen molar-refractivity contribution in [3.05, 3.63) is 29.8 Å². The van der Waals surface area contributed by atoms with Gasteiger partial charge in [0.25, 0.3) is 0 Å². The molecule has 0 spiro atoms. The molecule has 2 N–H and O–H groups in total. The highest BCUT2D eigenvalue weighted by molar-refractivity contribution is 5.29. The maximum atomic E-state index is 12.9. The molecule has 0 saturated carbocycles. The molecular formula is C20H41FN2O2. The first-order valence-corrected chi connectivity index (χ1v) is 9.40. The van der Waals surface area contributed by atoms with Crippen LogP contribution in [0.4, 0.5) is 4.39 Å². The Labute approximate surface area is 155 Å². The molecule has 0 aliphatic heterocycles. The zero-order chi connectivity index (χ0) is 20.1. The van der Waals surface area contributed by atoms with E-state index in [1.807, 2.05) is 72.9 Å². The van der Waals surface area contributed by atoms with Crippen LogP contribution in [0, 0.1) is 0 Å². The fourth-order valence-electron chi connectivity index (χ4n) is 1.87. The van der Waals surface area contributed by atoms with Crippen molar-refractivity contribution in [3.63, 3.8) is 0 Å². The molecule has 0 fully saturated rings. The van der Waals surface area contributed by atoms with Gasteiger partial charge in [-0.15, -0.1) is 0 Å². The van der Waals surface area contributed by atoms with E-state index in [9.17, 15) is 4.39 Å². The van der Waals surface area contributed by atoms with E-state index in [0.717, 1.165) is 17.9 Å². The summed E-state index contributed by atoms with van der Waals surface area (Å²) in [6, 6.07) is 7.22. The van der Waals surface area contributed by atoms with E-state index in [0.29, 0.717) is 6.61 Å². The minimum Gasteiger partial charge on any atom is -0.492 e. The van der Waals surface area contributed by atoms with Gasteiger partial charge in [-0.05, 0) is 31.8 Å². The van der Waals surface area contributed by atoms with Crippen molar-refractivity contribution in [2.75, 3.05) is 41.0 Å². The lowest BCUT2D eigenvalue weighted by Crippen LogP contribution is -2.35. The molecule has 1 aromatic rings. The Kier molecular flexibility index (Phi) is 26.1. The Balaban J connectivity index is -0.000000725. The van der Waals surface area contributed by atoms with E-state index >= 15 is 0 Å². The number of likely N-dealkylation sites (N-methyl/N-ethyl adjacent to an activating group) is 2. The minimum atomic E-state index is -0.477. The van der Waals surface area contributed by atoms with Gasteiger partial charge >= 0.3 is 0 Å². The third-order valence-electron chi connectivity index (χ3n) is 2.99. The Morgan fingerprint density at radius 3 is 1.84 bits per heavy atom. The van der Waals surface area contributed by atoms with Crippen molar-refractivity contribution < 1.29 is 13.9 Å². The number of ether oxygens (including phenoxy) is 2. The normalized spacial score (nSPS) is 11.4. The fourth-order valence-corrected chi connectivity index (χ4v) is 1.87. The third kappa shape index (κ3) is 12.8. The van der Waals surface area contributed by atoms with Crippen LogP contribution in [-0.4, -0.2) is 47.1 Å². The quantitative estimate of drug-likeness (QED) is 0.631. The third-order valence-corrected chi connectivity index (χ3v) is 2.99. The number of rotatable bonds is 9. The molecule has 0 aromatic heterocycles. The van der Waals surface area contributed by atoms with Crippen LogP contribution in [0.5, 0.6) is 5.75 Å². The lowest BCUT2D eigenvalue weighted by molar-refractivity contribution is 0.0615. The monoisotopic (exact) mass is 360 g/mol. The predicted octanol–water partition coefficient (Wildman–Crippen LogP) is 4.61. The van der Waals surface area contributed by atoms with Crippen molar-refractivity contribution in [1.82, 2.24) is 10.6 Å². The highest BCUT2D eigenvalue weighted by atomic mass is 19.1. The molecule has 0 aliphatic carbocycles. The van der Waals surface area contributed by atoms with Crippen molar-refractivity contribution in [2.45, 2.75) is 53.7 Å². The lowest BCUT2D eigenvalue weighted by atomic mass is 10.0. The average molecular weight is 361 g/mol. The van der Waals surface area contributed by atoms with E-state index in [4.69, 9.17) is 9.47 Å². The largest absolute Gasteiger partial charge is 0.492 e. The maximum Gasteiger partial charge on any atom is 0.119 e. The second kappa shape index (κ2) is 22.8. The second-order valence-corrected chi connectivity index (χ2v) is 4.23. The van der Waals surface area contributed by atoms with Gasteiger partial charge in [0.2, 0.25) is 0 Å². The van der Waals surface area contributed by atoms with Crippen molar-refractivity contribution >= 4 is 0 Å². The van der Waals surface area contributed by atoms with E-state index < -0.39 is 6.67 Å². The van der Waals surface area contributed by atoms with E-state index in [2.05, 4.69) is 10.6 Å². The zero-order valence-electron chi connectivity index (χ0n) is 17.8. The predicted molar refractivity (Wildman–Crippen MR) is 108 cm³/mol. The summed E-state index contributed by atoms with van der Waals surface area (Å²) in [6.45, 7) is 12.9. The van der Waals surface area contributed by atoms with Crippen molar-refractivity contribution in [1.29, 1.82) is 0 Å². The zero-order valence-corrected chi connectivity index (χ0v) is 17.8. The maximum absolute atomic E-state index is 12.9. The standard InChI is InChI=1S/C14H23FN2O2.3C2H6/c1-16-8-9-19-12-6-4-11(5-7-12)14(18-3)13(10-15)17-2;3*1-2/h4-7,13-14,16-17H,8-10H2,1-3H3;3*1-2H3. The van der Waals surface area contributed by atoms with Crippen LogP contribution in [0.15, 0.2) is 24.3 Å². The highest BCUT2D eigenvalue weighted by Gasteiger charge is 2.21. The van der Waals surface area contributed by atoms with Gasteiger partial charge in [-0.25, -0.2) is 4.39 Å². The second-order valence-electron chi connectivity index (χ2n) is 4.23. The molecular weight excluding hydrogens is 319 g/mol. The highest BCUT2D eigenvalue weighted by Crippen LogP contribution is 2.23. The molecule has 5 heteroatoms. The number of methoxy groups -OCH3 is 1. The number of nitrogens with one attached hydrogen (secondary N) is 2. The lowest BCUT2D eigenvalue weighted by Gasteiger charge is -2.23. The summed E-state index contributed by atoms with van der Waals surface area (Å²) in [7, 11) is 5.19. The first-order valence-electron chi connectivity index (χ1n) is 9.40. The van der Waals surface area contributed by atoms with Gasteiger partial charge in [-0.1, -0.05) is 53.7 Å². The van der Waals surface area contributed by atoms with E-state index in [1.165, 1.54) is 0 Å². The first-order chi connectivity index (χ1) is 12.3. The number of alkyl halides is 1.